The first kappa shape index (κ1) is 14.9. The van der Waals surface area contributed by atoms with Gasteiger partial charge in [0.25, 0.3) is 0 Å². The Morgan fingerprint density at radius 1 is 1.56 bits per heavy atom. The van der Waals surface area contributed by atoms with Crippen LogP contribution < -0.4 is 5.73 Å². The predicted molar refractivity (Wildman–Crippen MR) is 70.8 cm³/mol. The first-order valence-electron chi connectivity index (χ1n) is 5.90. The van der Waals surface area contributed by atoms with Crippen molar-refractivity contribution in [1.29, 1.82) is 0 Å². The van der Waals surface area contributed by atoms with Crippen LogP contribution in [0.15, 0.2) is 18.2 Å². The first-order chi connectivity index (χ1) is 8.47. The Bertz CT molecular complexity index is 405. The zero-order valence-electron chi connectivity index (χ0n) is 10.6. The lowest BCUT2D eigenvalue weighted by atomic mass is 10.1. The van der Waals surface area contributed by atoms with E-state index in [0.717, 1.165) is 6.42 Å². The summed E-state index contributed by atoms with van der Waals surface area (Å²) >= 11 is 5.91. The average molecular weight is 273 g/mol. The van der Waals surface area contributed by atoms with Crippen LogP contribution in [0.4, 0.5) is 4.39 Å². The lowest BCUT2D eigenvalue weighted by Gasteiger charge is -2.21. The Hall–Kier alpha value is -1.13. The number of rotatable bonds is 5. The highest BCUT2D eigenvalue weighted by Gasteiger charge is 2.19. The van der Waals surface area contributed by atoms with Gasteiger partial charge in [-0.25, -0.2) is 4.39 Å². The Morgan fingerprint density at radius 3 is 2.78 bits per heavy atom. The van der Waals surface area contributed by atoms with Gasteiger partial charge in [0.05, 0.1) is 6.04 Å². The second kappa shape index (κ2) is 6.71. The van der Waals surface area contributed by atoms with Crippen molar-refractivity contribution in [2.45, 2.75) is 32.4 Å². The molecule has 0 radical (unpaired) electrons. The molecular formula is C13H18ClFN2O. The molecule has 0 saturated heterocycles. The van der Waals surface area contributed by atoms with Crippen LogP contribution in [-0.4, -0.2) is 23.9 Å². The highest BCUT2D eigenvalue weighted by molar-refractivity contribution is 6.31. The maximum absolute atomic E-state index is 13.6. The second-order valence-corrected chi connectivity index (χ2v) is 4.70. The lowest BCUT2D eigenvalue weighted by Crippen LogP contribution is -2.41. The molecule has 0 spiro atoms. The van der Waals surface area contributed by atoms with E-state index < -0.39 is 11.9 Å². The standard InChI is InChI=1S/C13H18ClFN2O/c1-3-5-12(16)13(18)17(2)8-9-10(14)6-4-7-11(9)15/h4,6-7,12H,3,5,8,16H2,1-2H3. The Balaban J connectivity index is 2.75. The van der Waals surface area contributed by atoms with Gasteiger partial charge in [-0.2, -0.15) is 0 Å². The van der Waals surface area contributed by atoms with E-state index in [0.29, 0.717) is 17.0 Å². The van der Waals surface area contributed by atoms with Crippen LogP contribution >= 0.6 is 11.6 Å². The quantitative estimate of drug-likeness (QED) is 0.895. The van der Waals surface area contributed by atoms with Crippen LogP contribution in [0.5, 0.6) is 0 Å². The van der Waals surface area contributed by atoms with Gasteiger partial charge in [-0.1, -0.05) is 31.0 Å². The van der Waals surface area contributed by atoms with Gasteiger partial charge < -0.3 is 10.6 Å². The molecule has 1 aromatic carbocycles. The van der Waals surface area contributed by atoms with Crippen molar-refractivity contribution in [3.8, 4) is 0 Å². The SMILES string of the molecule is CCCC(N)C(=O)N(C)Cc1c(F)cccc1Cl. The summed E-state index contributed by atoms with van der Waals surface area (Å²) in [5, 5.41) is 0.318. The maximum Gasteiger partial charge on any atom is 0.239 e. The molecule has 2 N–H and O–H groups in total. The molecule has 1 rings (SSSR count). The second-order valence-electron chi connectivity index (χ2n) is 4.29. The molecule has 1 atom stereocenters. The van der Waals surface area contributed by atoms with Gasteiger partial charge in [-0.05, 0) is 18.6 Å². The van der Waals surface area contributed by atoms with Gasteiger partial charge in [0.1, 0.15) is 5.82 Å². The smallest absolute Gasteiger partial charge is 0.239 e. The predicted octanol–water partition coefficient (Wildman–Crippen LogP) is 2.56. The van der Waals surface area contributed by atoms with Crippen LogP contribution in [-0.2, 0) is 11.3 Å². The normalized spacial score (nSPS) is 12.3. The summed E-state index contributed by atoms with van der Waals surface area (Å²) in [5.74, 6) is -0.609. The number of hydrogen-bond donors (Lipinski definition) is 1. The molecule has 100 valence electrons. The highest BCUT2D eigenvalue weighted by Crippen LogP contribution is 2.20. The average Bonchev–Trinajstić information content (AvgIpc) is 2.33. The molecule has 1 amide bonds. The molecule has 0 aliphatic carbocycles. The summed E-state index contributed by atoms with van der Waals surface area (Å²) in [6.07, 6.45) is 1.45. The van der Waals surface area contributed by atoms with Gasteiger partial charge in [0.2, 0.25) is 5.91 Å². The molecule has 0 heterocycles. The van der Waals surface area contributed by atoms with E-state index in [-0.39, 0.29) is 12.5 Å². The fourth-order valence-corrected chi connectivity index (χ4v) is 1.94. The van der Waals surface area contributed by atoms with Gasteiger partial charge >= 0.3 is 0 Å². The molecule has 0 aromatic heterocycles. The number of carbonyl (C=O) groups is 1. The van der Waals surface area contributed by atoms with Crippen molar-refractivity contribution < 1.29 is 9.18 Å². The highest BCUT2D eigenvalue weighted by atomic mass is 35.5. The third-order valence-corrected chi connectivity index (χ3v) is 3.10. The van der Waals surface area contributed by atoms with Crippen molar-refractivity contribution in [1.82, 2.24) is 4.90 Å². The Labute approximate surface area is 112 Å². The largest absolute Gasteiger partial charge is 0.340 e. The van der Waals surface area contributed by atoms with Gasteiger partial charge in [-0.15, -0.1) is 0 Å². The summed E-state index contributed by atoms with van der Waals surface area (Å²) in [7, 11) is 1.60. The summed E-state index contributed by atoms with van der Waals surface area (Å²) in [6, 6.07) is 3.92. The van der Waals surface area contributed by atoms with Crippen LogP contribution in [0, 0.1) is 5.82 Å². The first-order valence-corrected chi connectivity index (χ1v) is 6.28. The molecule has 1 aromatic rings. The number of nitrogens with zero attached hydrogens (tertiary/aromatic N) is 1. The van der Waals surface area contributed by atoms with Gasteiger partial charge in [0, 0.05) is 24.2 Å². The van der Waals surface area contributed by atoms with Crippen LogP contribution in [0.1, 0.15) is 25.3 Å². The molecule has 5 heteroatoms. The maximum atomic E-state index is 13.6. The van der Waals surface area contributed by atoms with E-state index in [1.807, 2.05) is 6.92 Å². The van der Waals surface area contributed by atoms with E-state index in [4.69, 9.17) is 17.3 Å². The minimum atomic E-state index is -0.537. The fraction of sp³-hybridized carbons (Fsp3) is 0.462. The minimum Gasteiger partial charge on any atom is -0.340 e. The van der Waals surface area contributed by atoms with E-state index in [1.54, 1.807) is 13.1 Å². The van der Waals surface area contributed by atoms with Gasteiger partial charge in [-0.3, -0.25) is 4.79 Å². The minimum absolute atomic E-state index is 0.127. The molecule has 0 aliphatic heterocycles. The summed E-state index contributed by atoms with van der Waals surface area (Å²) < 4.78 is 13.6. The van der Waals surface area contributed by atoms with E-state index >= 15 is 0 Å². The molecular weight excluding hydrogens is 255 g/mol. The molecule has 0 aliphatic rings. The lowest BCUT2D eigenvalue weighted by molar-refractivity contribution is -0.132. The zero-order chi connectivity index (χ0) is 13.7. The van der Waals surface area contributed by atoms with E-state index in [2.05, 4.69) is 0 Å². The van der Waals surface area contributed by atoms with Gasteiger partial charge in [0.15, 0.2) is 0 Å². The number of likely N-dealkylation sites (N-methyl/N-ethyl adjacent to an activating group) is 1. The number of benzene rings is 1. The molecule has 0 fully saturated rings. The van der Waals surface area contributed by atoms with E-state index in [1.165, 1.54) is 17.0 Å². The third-order valence-electron chi connectivity index (χ3n) is 2.75. The third kappa shape index (κ3) is 3.68. The topological polar surface area (TPSA) is 46.3 Å². The zero-order valence-corrected chi connectivity index (χ0v) is 11.4. The monoisotopic (exact) mass is 272 g/mol. The van der Waals surface area contributed by atoms with Crippen molar-refractivity contribution >= 4 is 17.5 Å². The molecule has 18 heavy (non-hydrogen) atoms. The van der Waals surface area contributed by atoms with Crippen LogP contribution in [0.25, 0.3) is 0 Å². The van der Waals surface area contributed by atoms with Crippen molar-refractivity contribution in [2.75, 3.05) is 7.05 Å². The van der Waals surface area contributed by atoms with Crippen LogP contribution in [0.3, 0.4) is 0 Å². The molecule has 1 unspecified atom stereocenters. The van der Waals surface area contributed by atoms with E-state index in [9.17, 15) is 9.18 Å². The fourth-order valence-electron chi connectivity index (χ4n) is 1.72. The number of carbonyl (C=O) groups excluding carboxylic acids is 1. The van der Waals surface area contributed by atoms with Crippen molar-refractivity contribution in [2.24, 2.45) is 5.73 Å². The number of nitrogens with two attached hydrogens (primary N) is 1. The Kier molecular flexibility index (Phi) is 5.56. The number of amides is 1. The van der Waals surface area contributed by atoms with Crippen LogP contribution in [0.2, 0.25) is 5.02 Å². The molecule has 0 saturated carbocycles. The number of hydrogen-bond acceptors (Lipinski definition) is 2. The van der Waals surface area contributed by atoms with Crippen molar-refractivity contribution in [3.63, 3.8) is 0 Å². The summed E-state index contributed by atoms with van der Waals surface area (Å²) in [4.78, 5) is 13.3. The summed E-state index contributed by atoms with van der Waals surface area (Å²) in [6.45, 7) is 2.09. The molecule has 0 bridgehead atoms. The van der Waals surface area contributed by atoms with Crippen molar-refractivity contribution in [3.05, 3.63) is 34.6 Å². The number of halogens is 2. The Morgan fingerprint density at radius 2 is 2.22 bits per heavy atom. The molecule has 3 nitrogen and oxygen atoms in total. The summed E-state index contributed by atoms with van der Waals surface area (Å²) in [5.41, 5.74) is 6.06.